The minimum absolute atomic E-state index is 0.122. The Morgan fingerprint density at radius 1 is 1.13 bits per heavy atom. The van der Waals surface area contributed by atoms with Gasteiger partial charge in [-0.15, -0.1) is 0 Å². The molecule has 0 amide bonds. The van der Waals surface area contributed by atoms with Crippen LogP contribution >= 0.6 is 0 Å². The smallest absolute Gasteiger partial charge is 0.292 e. The number of alkyl halides is 3. The third-order valence-electron chi connectivity index (χ3n) is 4.56. The van der Waals surface area contributed by atoms with Gasteiger partial charge < -0.3 is 0 Å². The summed E-state index contributed by atoms with van der Waals surface area (Å²) in [5.41, 5.74) is -0.185. The zero-order valence-corrected chi connectivity index (χ0v) is 12.4. The number of benzene rings is 1. The van der Waals surface area contributed by atoms with Crippen LogP contribution < -0.4 is 0 Å². The van der Waals surface area contributed by atoms with Crippen LogP contribution in [0.2, 0.25) is 0 Å². The molecule has 5 heteroatoms. The fourth-order valence-corrected chi connectivity index (χ4v) is 3.12. The number of carbonyl (C=O) groups is 1. The van der Waals surface area contributed by atoms with Crippen LogP contribution in [-0.2, 0) is 11.6 Å². The van der Waals surface area contributed by atoms with E-state index in [1.807, 2.05) is 0 Å². The highest BCUT2D eigenvalue weighted by Crippen LogP contribution is 2.48. The fourth-order valence-electron chi connectivity index (χ4n) is 3.12. The van der Waals surface area contributed by atoms with Gasteiger partial charge in [-0.05, 0) is 36.6 Å². The second-order valence-corrected chi connectivity index (χ2v) is 6.03. The first kappa shape index (κ1) is 15.7. The van der Waals surface area contributed by atoms with Gasteiger partial charge in [-0.25, -0.2) is 0 Å². The standard InChI is InChI=1S/C18H16F3NO/c19-18(20,21)14-6-3-5-13(11-14)17(8-4-9-17)12-16(23)15-7-1-2-10-22-15/h1-3,5-7,10-11H,4,8-9,12H2. The molecule has 0 spiro atoms. The summed E-state index contributed by atoms with van der Waals surface area (Å²) in [6, 6.07) is 10.5. The third-order valence-corrected chi connectivity index (χ3v) is 4.56. The molecule has 1 aliphatic carbocycles. The SMILES string of the molecule is O=C(CC1(c2cccc(C(F)(F)F)c2)CCC1)c1ccccn1. The molecule has 0 aliphatic heterocycles. The van der Waals surface area contributed by atoms with Crippen LogP contribution in [0.4, 0.5) is 13.2 Å². The van der Waals surface area contributed by atoms with Crippen LogP contribution in [0.25, 0.3) is 0 Å². The summed E-state index contributed by atoms with van der Waals surface area (Å²) in [5, 5.41) is 0. The highest BCUT2D eigenvalue weighted by Gasteiger charge is 2.42. The molecule has 0 N–H and O–H groups in total. The van der Waals surface area contributed by atoms with Crippen molar-refractivity contribution in [2.75, 3.05) is 0 Å². The molecular weight excluding hydrogens is 303 g/mol. The molecule has 23 heavy (non-hydrogen) atoms. The number of aromatic nitrogens is 1. The van der Waals surface area contributed by atoms with Crippen molar-refractivity contribution in [3.8, 4) is 0 Å². The molecule has 0 atom stereocenters. The van der Waals surface area contributed by atoms with E-state index in [1.54, 1.807) is 30.5 Å². The normalized spacial score (nSPS) is 16.7. The van der Waals surface area contributed by atoms with E-state index in [0.717, 1.165) is 25.3 Å². The second-order valence-electron chi connectivity index (χ2n) is 6.03. The Morgan fingerprint density at radius 2 is 1.91 bits per heavy atom. The molecule has 3 rings (SSSR count). The van der Waals surface area contributed by atoms with Crippen molar-refractivity contribution in [3.05, 3.63) is 65.5 Å². The van der Waals surface area contributed by atoms with E-state index in [4.69, 9.17) is 0 Å². The van der Waals surface area contributed by atoms with E-state index in [-0.39, 0.29) is 12.2 Å². The quantitative estimate of drug-likeness (QED) is 0.758. The van der Waals surface area contributed by atoms with Gasteiger partial charge in [0.2, 0.25) is 0 Å². The molecule has 2 aromatic rings. The van der Waals surface area contributed by atoms with Gasteiger partial charge in [-0.3, -0.25) is 9.78 Å². The van der Waals surface area contributed by atoms with E-state index in [0.29, 0.717) is 11.3 Å². The predicted octanol–water partition coefficient (Wildman–Crippen LogP) is 4.80. The lowest BCUT2D eigenvalue weighted by Gasteiger charge is -2.42. The Morgan fingerprint density at radius 3 is 2.48 bits per heavy atom. The number of ketones is 1. The van der Waals surface area contributed by atoms with Gasteiger partial charge in [0.15, 0.2) is 5.78 Å². The molecule has 1 aromatic heterocycles. The lowest BCUT2D eigenvalue weighted by Crippen LogP contribution is -2.37. The van der Waals surface area contributed by atoms with Crippen molar-refractivity contribution in [3.63, 3.8) is 0 Å². The average Bonchev–Trinajstić information content (AvgIpc) is 2.51. The Bertz CT molecular complexity index is 706. The maximum absolute atomic E-state index is 12.9. The van der Waals surface area contributed by atoms with Gasteiger partial charge >= 0.3 is 6.18 Å². The predicted molar refractivity (Wildman–Crippen MR) is 80.2 cm³/mol. The third kappa shape index (κ3) is 3.14. The average molecular weight is 319 g/mol. The molecule has 2 nitrogen and oxygen atoms in total. The lowest BCUT2D eigenvalue weighted by molar-refractivity contribution is -0.137. The number of hydrogen-bond acceptors (Lipinski definition) is 2. The minimum Gasteiger partial charge on any atom is -0.292 e. The zero-order valence-electron chi connectivity index (χ0n) is 12.4. The van der Waals surface area contributed by atoms with Crippen molar-refractivity contribution < 1.29 is 18.0 Å². The molecule has 0 bridgehead atoms. The number of carbonyl (C=O) groups excluding carboxylic acids is 1. The molecule has 1 heterocycles. The van der Waals surface area contributed by atoms with E-state index < -0.39 is 17.2 Å². The molecule has 0 radical (unpaired) electrons. The van der Waals surface area contributed by atoms with E-state index in [9.17, 15) is 18.0 Å². The number of Topliss-reactive ketones (excluding diaryl/α,β-unsaturated/α-hetero) is 1. The largest absolute Gasteiger partial charge is 0.416 e. The lowest BCUT2D eigenvalue weighted by atomic mass is 9.61. The summed E-state index contributed by atoms with van der Waals surface area (Å²) in [6.07, 6.45) is -0.242. The van der Waals surface area contributed by atoms with Crippen molar-refractivity contribution in [2.45, 2.75) is 37.3 Å². The Kier molecular flexibility index (Phi) is 3.96. The summed E-state index contributed by atoms with van der Waals surface area (Å²) in [5.74, 6) is -0.122. The highest BCUT2D eigenvalue weighted by atomic mass is 19.4. The number of nitrogens with zero attached hydrogens (tertiary/aromatic N) is 1. The highest BCUT2D eigenvalue weighted by molar-refractivity contribution is 5.95. The molecule has 1 fully saturated rings. The van der Waals surface area contributed by atoms with E-state index >= 15 is 0 Å². The number of hydrogen-bond donors (Lipinski definition) is 0. The molecule has 1 aliphatic rings. The first-order valence-corrected chi connectivity index (χ1v) is 7.53. The molecule has 1 saturated carbocycles. The van der Waals surface area contributed by atoms with E-state index in [1.165, 1.54) is 12.1 Å². The van der Waals surface area contributed by atoms with Gasteiger partial charge in [0.25, 0.3) is 0 Å². The number of halogens is 3. The van der Waals surface area contributed by atoms with Crippen LogP contribution in [-0.4, -0.2) is 10.8 Å². The molecule has 1 aromatic carbocycles. The maximum atomic E-state index is 12.9. The summed E-state index contributed by atoms with van der Waals surface area (Å²) in [6.45, 7) is 0. The van der Waals surface area contributed by atoms with Crippen molar-refractivity contribution in [1.82, 2.24) is 4.98 Å². The summed E-state index contributed by atoms with van der Waals surface area (Å²) in [4.78, 5) is 16.5. The Balaban J connectivity index is 1.88. The number of rotatable bonds is 4. The number of pyridine rings is 1. The Hall–Kier alpha value is -2.17. The fraction of sp³-hybridized carbons (Fsp3) is 0.333. The van der Waals surface area contributed by atoms with Gasteiger partial charge in [0, 0.05) is 18.0 Å². The summed E-state index contributed by atoms with van der Waals surface area (Å²) >= 11 is 0. The monoisotopic (exact) mass is 319 g/mol. The molecular formula is C18H16F3NO. The van der Waals surface area contributed by atoms with Gasteiger partial charge in [-0.1, -0.05) is 30.7 Å². The van der Waals surface area contributed by atoms with Gasteiger partial charge in [0.1, 0.15) is 5.69 Å². The minimum atomic E-state index is -4.37. The van der Waals surface area contributed by atoms with Gasteiger partial charge in [-0.2, -0.15) is 13.2 Å². The van der Waals surface area contributed by atoms with Crippen LogP contribution in [0.5, 0.6) is 0 Å². The van der Waals surface area contributed by atoms with Crippen LogP contribution in [0, 0.1) is 0 Å². The van der Waals surface area contributed by atoms with Crippen LogP contribution in [0.15, 0.2) is 48.7 Å². The topological polar surface area (TPSA) is 30.0 Å². The van der Waals surface area contributed by atoms with Gasteiger partial charge in [0.05, 0.1) is 5.56 Å². The summed E-state index contributed by atoms with van der Waals surface area (Å²) in [7, 11) is 0. The van der Waals surface area contributed by atoms with Crippen molar-refractivity contribution >= 4 is 5.78 Å². The van der Waals surface area contributed by atoms with Crippen LogP contribution in [0.1, 0.15) is 47.3 Å². The second kappa shape index (κ2) is 5.80. The Labute approximate surface area is 132 Å². The van der Waals surface area contributed by atoms with E-state index in [2.05, 4.69) is 4.98 Å². The molecule has 0 saturated heterocycles. The summed E-state index contributed by atoms with van der Waals surface area (Å²) < 4.78 is 38.8. The molecule has 0 unspecified atom stereocenters. The first-order chi connectivity index (χ1) is 10.9. The maximum Gasteiger partial charge on any atom is 0.416 e. The first-order valence-electron chi connectivity index (χ1n) is 7.53. The zero-order chi connectivity index (χ0) is 16.5. The van der Waals surface area contributed by atoms with Crippen molar-refractivity contribution in [1.29, 1.82) is 0 Å². The van der Waals surface area contributed by atoms with Crippen LogP contribution in [0.3, 0.4) is 0 Å². The van der Waals surface area contributed by atoms with Crippen molar-refractivity contribution in [2.24, 2.45) is 0 Å². The molecule has 120 valence electrons.